The van der Waals surface area contributed by atoms with Crippen LogP contribution in [-0.4, -0.2) is 26.2 Å². The fraction of sp³-hybridized carbons (Fsp3) is 0. The van der Waals surface area contributed by atoms with Crippen LogP contribution in [0.3, 0.4) is 0 Å². The van der Waals surface area contributed by atoms with E-state index in [0.717, 1.165) is 76.1 Å². The summed E-state index contributed by atoms with van der Waals surface area (Å²) in [7, 11) is 0. The van der Waals surface area contributed by atoms with Crippen LogP contribution in [-0.2, 0) is 0 Å². The van der Waals surface area contributed by atoms with E-state index in [1.165, 1.54) is 5.39 Å². The van der Waals surface area contributed by atoms with Gasteiger partial charge in [0.1, 0.15) is 5.82 Å². The van der Waals surface area contributed by atoms with Gasteiger partial charge in [0.05, 0.1) is 16.7 Å². The Morgan fingerprint density at radius 2 is 1.47 bits per heavy atom. The fourth-order valence-corrected chi connectivity index (χ4v) is 5.86. The van der Waals surface area contributed by atoms with Crippen LogP contribution in [0.5, 0.6) is 0 Å². The molecular weight excluding hydrogens is 534 g/mol. The van der Waals surface area contributed by atoms with Crippen LogP contribution in [0, 0.1) is 0 Å². The quantitative estimate of drug-likeness (QED) is 0.148. The molecule has 8 rings (SSSR count). The molecule has 0 amide bonds. The van der Waals surface area contributed by atoms with Gasteiger partial charge >= 0.3 is 0 Å². The number of aromatic nitrogens is 4. The largest absolute Gasteiger partial charge is 0.361 e. The maximum absolute atomic E-state index is 5.10. The molecule has 0 aliphatic carbocycles. The molecule has 0 saturated carbocycles. The Labute approximate surface area is 225 Å². The van der Waals surface area contributed by atoms with Crippen LogP contribution in [0.4, 0.5) is 5.69 Å². The van der Waals surface area contributed by atoms with Gasteiger partial charge in [-0.3, -0.25) is 4.99 Å². The third-order valence-corrected chi connectivity index (χ3v) is 7.81. The highest BCUT2D eigenvalue weighted by Crippen LogP contribution is 2.38. The Hall–Kier alpha value is -4.68. The summed E-state index contributed by atoms with van der Waals surface area (Å²) in [6.45, 7) is 0. The van der Waals surface area contributed by atoms with E-state index in [9.17, 15) is 0 Å². The number of aliphatic imine (C=N–C) groups is 1. The summed E-state index contributed by atoms with van der Waals surface area (Å²) < 4.78 is 1.05. The topological polar surface area (TPSA) is 72.6 Å². The first kappa shape index (κ1) is 21.4. The second-order valence-corrected chi connectivity index (χ2v) is 10.4. The van der Waals surface area contributed by atoms with Gasteiger partial charge in [-0.05, 0) is 47.2 Å². The second-order valence-electron chi connectivity index (χ2n) is 9.52. The van der Waals surface area contributed by atoms with Crippen molar-refractivity contribution in [1.82, 2.24) is 19.9 Å². The van der Waals surface area contributed by atoms with E-state index in [-0.39, 0.29) is 0 Å². The molecule has 0 spiro atoms. The molecule has 3 heterocycles. The lowest BCUT2D eigenvalue weighted by Crippen LogP contribution is -1.83. The number of hydrogen-bond donors (Lipinski definition) is 3. The van der Waals surface area contributed by atoms with E-state index >= 15 is 0 Å². The summed E-state index contributed by atoms with van der Waals surface area (Å²) in [6, 6.07) is 29.4. The number of aromatic amines is 3. The number of nitrogens with zero attached hydrogens (tertiary/aromatic N) is 2. The molecule has 38 heavy (non-hydrogen) atoms. The molecule has 3 N–H and O–H groups in total. The van der Waals surface area contributed by atoms with Gasteiger partial charge in [-0.15, -0.1) is 0 Å². The summed E-state index contributed by atoms with van der Waals surface area (Å²) in [5, 5.41) is 6.87. The Morgan fingerprint density at radius 1 is 0.684 bits per heavy atom. The Morgan fingerprint density at radius 3 is 2.39 bits per heavy atom. The van der Waals surface area contributed by atoms with Gasteiger partial charge in [-0.2, -0.15) is 0 Å². The van der Waals surface area contributed by atoms with Gasteiger partial charge in [0.15, 0.2) is 0 Å². The van der Waals surface area contributed by atoms with Gasteiger partial charge in [0.2, 0.25) is 0 Å². The van der Waals surface area contributed by atoms with Crippen LogP contribution in [0.2, 0.25) is 0 Å². The zero-order chi connectivity index (χ0) is 25.2. The average molecular weight is 554 g/mol. The third kappa shape index (κ3) is 3.24. The molecule has 180 valence electrons. The van der Waals surface area contributed by atoms with Crippen LogP contribution in [0.15, 0.2) is 107 Å². The molecule has 0 bridgehead atoms. The van der Waals surface area contributed by atoms with E-state index in [2.05, 4.69) is 104 Å². The summed E-state index contributed by atoms with van der Waals surface area (Å²) in [5.74, 6) is 0.864. The van der Waals surface area contributed by atoms with Crippen LogP contribution >= 0.6 is 15.9 Å². The normalized spacial score (nSPS) is 12.2. The van der Waals surface area contributed by atoms with Crippen molar-refractivity contribution in [2.24, 2.45) is 4.99 Å². The molecule has 5 aromatic carbocycles. The van der Waals surface area contributed by atoms with Crippen LogP contribution < -0.4 is 0 Å². The lowest BCUT2D eigenvalue weighted by Gasteiger charge is -2.07. The monoisotopic (exact) mass is 553 g/mol. The number of para-hydroxylation sites is 1. The Kier molecular flexibility index (Phi) is 4.60. The first-order valence-electron chi connectivity index (χ1n) is 12.4. The van der Waals surface area contributed by atoms with E-state index in [1.807, 2.05) is 30.7 Å². The Balaban J connectivity index is 1.31. The van der Waals surface area contributed by atoms with Crippen LogP contribution in [0.1, 0.15) is 5.56 Å². The molecule has 0 fully saturated rings. The van der Waals surface area contributed by atoms with E-state index in [1.54, 1.807) is 0 Å². The van der Waals surface area contributed by atoms with Crippen molar-refractivity contribution in [2.45, 2.75) is 0 Å². The number of halogens is 1. The van der Waals surface area contributed by atoms with Crippen molar-refractivity contribution in [2.75, 3.05) is 0 Å². The summed E-state index contributed by atoms with van der Waals surface area (Å²) >= 11 is 3.57. The minimum atomic E-state index is 0.864. The molecule has 6 heteroatoms. The van der Waals surface area contributed by atoms with Gasteiger partial charge in [0.25, 0.3) is 0 Å². The maximum atomic E-state index is 5.10. The van der Waals surface area contributed by atoms with Crippen molar-refractivity contribution in [3.63, 3.8) is 0 Å². The summed E-state index contributed by atoms with van der Waals surface area (Å²) in [6.07, 6.45) is 5.96. The smallest absolute Gasteiger partial charge is 0.140 e. The van der Waals surface area contributed by atoms with Crippen LogP contribution in [0.25, 0.3) is 65.8 Å². The average Bonchev–Trinajstić information content (AvgIpc) is 3.68. The lowest BCUT2D eigenvalue weighted by molar-refractivity contribution is 1.34. The first-order chi connectivity index (χ1) is 18.7. The molecule has 5 nitrogen and oxygen atoms in total. The molecule has 0 aliphatic heterocycles. The maximum Gasteiger partial charge on any atom is 0.140 e. The summed E-state index contributed by atoms with van der Waals surface area (Å²) in [4.78, 5) is 20.3. The molecule has 0 saturated heterocycles. The number of nitrogens with one attached hydrogen (secondary N) is 3. The predicted molar refractivity (Wildman–Crippen MR) is 162 cm³/mol. The number of fused-ring (bicyclic) bond motifs is 8. The van der Waals surface area contributed by atoms with E-state index in [4.69, 9.17) is 9.98 Å². The molecular formula is C32H20BrN5. The molecule has 0 unspecified atom stereocenters. The van der Waals surface area contributed by atoms with Crippen molar-refractivity contribution >= 4 is 82.2 Å². The highest BCUT2D eigenvalue weighted by molar-refractivity contribution is 9.10. The highest BCUT2D eigenvalue weighted by atomic mass is 79.9. The molecule has 3 aromatic heterocycles. The number of imidazole rings is 1. The van der Waals surface area contributed by atoms with Gasteiger partial charge < -0.3 is 15.0 Å². The SMILES string of the molecule is Brc1ccc2[nH]cc(C=Nc3ccc4c(c3)c3ccccc3c3nc(-c5c[nH]c6ccccc56)[nH]c43)c2c1. The standard InChI is InChI=1S/C32H20BrN5/c33-19-9-12-29-25(13-19)18(16-35-29)15-34-20-10-11-24-26(14-20)21-5-1-2-7-23(21)30-31(24)38-32(37-30)27-17-36-28-8-4-3-6-22(27)28/h1-17,35-36H,(H,37,38). The number of benzene rings is 5. The van der Waals surface area contributed by atoms with Gasteiger partial charge in [-0.1, -0.05) is 64.5 Å². The minimum absolute atomic E-state index is 0.864. The van der Waals surface area contributed by atoms with Crippen molar-refractivity contribution in [3.8, 4) is 11.4 Å². The van der Waals surface area contributed by atoms with Crippen molar-refractivity contribution < 1.29 is 0 Å². The first-order valence-corrected chi connectivity index (χ1v) is 13.2. The number of rotatable bonds is 3. The van der Waals surface area contributed by atoms with E-state index < -0.39 is 0 Å². The minimum Gasteiger partial charge on any atom is -0.361 e. The zero-order valence-corrected chi connectivity index (χ0v) is 21.7. The second kappa shape index (κ2) is 8.16. The fourth-order valence-electron chi connectivity index (χ4n) is 5.50. The van der Waals surface area contributed by atoms with Crippen molar-refractivity contribution in [3.05, 3.63) is 107 Å². The summed E-state index contributed by atoms with van der Waals surface area (Å²) in [5.41, 5.74) is 7.24. The highest BCUT2D eigenvalue weighted by Gasteiger charge is 2.16. The molecule has 0 atom stereocenters. The molecule has 0 aliphatic rings. The zero-order valence-electron chi connectivity index (χ0n) is 20.1. The van der Waals surface area contributed by atoms with Gasteiger partial charge in [-0.25, -0.2) is 4.98 Å². The van der Waals surface area contributed by atoms with E-state index in [0.29, 0.717) is 0 Å². The Bertz CT molecular complexity index is 2210. The molecule has 0 radical (unpaired) electrons. The van der Waals surface area contributed by atoms with Gasteiger partial charge in [0, 0.05) is 66.8 Å². The predicted octanol–water partition coefficient (Wildman–Crippen LogP) is 9.01. The lowest BCUT2D eigenvalue weighted by atomic mass is 9.99. The van der Waals surface area contributed by atoms with Crippen molar-refractivity contribution in [1.29, 1.82) is 0 Å². The third-order valence-electron chi connectivity index (χ3n) is 7.32. The molecule has 8 aromatic rings. The number of H-pyrrole nitrogens is 3. The number of hydrogen-bond acceptors (Lipinski definition) is 2.